The standard InChI is InChI=1S/C28H23N3OS/c1-19-13-14-23(15-20(19)2)30-27(32)18-33-28-25(17-29)24(21-9-5-3-6-10-21)16-26(31-28)22-11-7-4-8-12-22/h3-16H,18H2,1-2H3,(H,30,32). The summed E-state index contributed by atoms with van der Waals surface area (Å²) in [7, 11) is 0. The highest BCUT2D eigenvalue weighted by molar-refractivity contribution is 8.00. The van der Waals surface area contributed by atoms with Crippen molar-refractivity contribution in [1.82, 2.24) is 4.98 Å². The quantitative estimate of drug-likeness (QED) is 0.335. The van der Waals surface area contributed by atoms with Crippen molar-refractivity contribution in [3.05, 3.63) is 102 Å². The molecule has 4 aromatic rings. The van der Waals surface area contributed by atoms with Crippen LogP contribution in [0.3, 0.4) is 0 Å². The lowest BCUT2D eigenvalue weighted by molar-refractivity contribution is -0.113. The fraction of sp³-hybridized carbons (Fsp3) is 0.107. The van der Waals surface area contributed by atoms with Crippen molar-refractivity contribution in [1.29, 1.82) is 5.26 Å². The number of benzene rings is 3. The van der Waals surface area contributed by atoms with Gasteiger partial charge in [-0.15, -0.1) is 0 Å². The molecule has 0 fully saturated rings. The van der Waals surface area contributed by atoms with Crippen molar-refractivity contribution in [2.75, 3.05) is 11.1 Å². The Bertz CT molecular complexity index is 1330. The van der Waals surface area contributed by atoms with Crippen molar-refractivity contribution in [3.8, 4) is 28.5 Å². The predicted octanol–water partition coefficient (Wildman–Crippen LogP) is 6.63. The van der Waals surface area contributed by atoms with Crippen LogP contribution in [0, 0.1) is 25.2 Å². The van der Waals surface area contributed by atoms with Crippen molar-refractivity contribution < 1.29 is 4.79 Å². The molecule has 4 rings (SSSR count). The number of nitriles is 1. The Labute approximate surface area is 198 Å². The molecule has 3 aromatic carbocycles. The Kier molecular flexibility index (Phi) is 6.87. The first-order chi connectivity index (χ1) is 16.0. The van der Waals surface area contributed by atoms with Gasteiger partial charge in [-0.05, 0) is 48.7 Å². The molecule has 0 unspecified atom stereocenters. The Morgan fingerprint density at radius 2 is 1.58 bits per heavy atom. The van der Waals surface area contributed by atoms with Gasteiger partial charge in [-0.1, -0.05) is 78.5 Å². The summed E-state index contributed by atoms with van der Waals surface area (Å²) in [5.74, 6) is 0.0153. The van der Waals surface area contributed by atoms with Crippen LogP contribution in [0.2, 0.25) is 0 Å². The van der Waals surface area contributed by atoms with E-state index in [0.717, 1.165) is 33.6 Å². The van der Waals surface area contributed by atoms with Gasteiger partial charge < -0.3 is 5.32 Å². The number of pyridine rings is 1. The minimum atomic E-state index is -0.139. The third-order valence-corrected chi connectivity index (χ3v) is 6.36. The van der Waals surface area contributed by atoms with E-state index in [-0.39, 0.29) is 11.7 Å². The molecule has 5 heteroatoms. The first-order valence-corrected chi connectivity index (χ1v) is 11.6. The van der Waals surface area contributed by atoms with E-state index < -0.39 is 0 Å². The summed E-state index contributed by atoms with van der Waals surface area (Å²) in [6.07, 6.45) is 0. The topological polar surface area (TPSA) is 65.8 Å². The maximum absolute atomic E-state index is 12.6. The van der Waals surface area contributed by atoms with E-state index in [2.05, 4.69) is 11.4 Å². The van der Waals surface area contributed by atoms with Gasteiger partial charge in [0.25, 0.3) is 0 Å². The molecule has 0 aliphatic carbocycles. The van der Waals surface area contributed by atoms with Gasteiger partial charge in [0.05, 0.1) is 17.0 Å². The van der Waals surface area contributed by atoms with Crippen LogP contribution < -0.4 is 5.32 Å². The van der Waals surface area contributed by atoms with Gasteiger partial charge in [0.15, 0.2) is 0 Å². The summed E-state index contributed by atoms with van der Waals surface area (Å²) in [6, 6.07) is 29.8. The number of anilines is 1. The largest absolute Gasteiger partial charge is 0.325 e. The van der Waals surface area contributed by atoms with Gasteiger partial charge in [0.1, 0.15) is 11.1 Å². The summed E-state index contributed by atoms with van der Waals surface area (Å²) in [5.41, 5.74) is 7.02. The van der Waals surface area contributed by atoms with E-state index in [9.17, 15) is 10.1 Å². The van der Waals surface area contributed by atoms with E-state index in [0.29, 0.717) is 10.6 Å². The zero-order chi connectivity index (χ0) is 23.2. The summed E-state index contributed by atoms with van der Waals surface area (Å²) in [4.78, 5) is 17.4. The molecule has 1 amide bonds. The molecule has 4 nitrogen and oxygen atoms in total. The average molecular weight is 450 g/mol. The lowest BCUT2D eigenvalue weighted by atomic mass is 9.99. The Hall–Kier alpha value is -3.88. The van der Waals surface area contributed by atoms with Gasteiger partial charge >= 0.3 is 0 Å². The van der Waals surface area contributed by atoms with Gasteiger partial charge in [-0.2, -0.15) is 5.26 Å². The fourth-order valence-electron chi connectivity index (χ4n) is 3.49. The smallest absolute Gasteiger partial charge is 0.234 e. The van der Waals surface area contributed by atoms with E-state index >= 15 is 0 Å². The highest BCUT2D eigenvalue weighted by atomic mass is 32.2. The Morgan fingerprint density at radius 3 is 2.21 bits per heavy atom. The molecule has 0 spiro atoms. The van der Waals surface area contributed by atoms with Crippen molar-refractivity contribution in [3.63, 3.8) is 0 Å². The number of rotatable bonds is 6. The molecule has 33 heavy (non-hydrogen) atoms. The summed E-state index contributed by atoms with van der Waals surface area (Å²) in [5, 5.41) is 13.5. The van der Waals surface area contributed by atoms with Gasteiger partial charge in [-0.3, -0.25) is 4.79 Å². The number of carbonyl (C=O) groups excluding carboxylic acids is 1. The summed E-state index contributed by atoms with van der Waals surface area (Å²) in [6.45, 7) is 4.05. The van der Waals surface area contributed by atoms with Crippen molar-refractivity contribution in [2.24, 2.45) is 0 Å². The minimum Gasteiger partial charge on any atom is -0.325 e. The monoisotopic (exact) mass is 449 g/mol. The van der Waals surface area contributed by atoms with E-state index in [1.54, 1.807) is 0 Å². The van der Waals surface area contributed by atoms with Gasteiger partial charge in [0.2, 0.25) is 5.91 Å². The molecule has 0 saturated heterocycles. The van der Waals surface area contributed by atoms with E-state index in [1.807, 2.05) is 98.8 Å². The van der Waals surface area contributed by atoms with Crippen LogP contribution in [0.1, 0.15) is 16.7 Å². The second-order valence-corrected chi connectivity index (χ2v) is 8.68. The Morgan fingerprint density at radius 1 is 0.909 bits per heavy atom. The van der Waals surface area contributed by atoms with Crippen LogP contribution in [0.4, 0.5) is 5.69 Å². The molecule has 1 aromatic heterocycles. The molecular weight excluding hydrogens is 426 g/mol. The zero-order valence-corrected chi connectivity index (χ0v) is 19.3. The van der Waals surface area contributed by atoms with Crippen LogP contribution >= 0.6 is 11.8 Å². The van der Waals surface area contributed by atoms with Gasteiger partial charge in [0, 0.05) is 16.8 Å². The number of hydrogen-bond donors (Lipinski definition) is 1. The molecule has 1 N–H and O–H groups in total. The third kappa shape index (κ3) is 5.31. The first kappa shape index (κ1) is 22.3. The highest BCUT2D eigenvalue weighted by Gasteiger charge is 2.17. The minimum absolute atomic E-state index is 0.139. The second-order valence-electron chi connectivity index (χ2n) is 7.71. The molecule has 162 valence electrons. The number of nitrogens with one attached hydrogen (secondary N) is 1. The molecular formula is C28H23N3OS. The van der Waals surface area contributed by atoms with Crippen LogP contribution in [0.25, 0.3) is 22.4 Å². The number of aromatic nitrogens is 1. The first-order valence-electron chi connectivity index (χ1n) is 10.6. The fourth-order valence-corrected chi connectivity index (χ4v) is 4.29. The number of thioether (sulfide) groups is 1. The molecule has 0 aliphatic heterocycles. The number of nitrogens with zero attached hydrogens (tertiary/aromatic N) is 2. The van der Waals surface area contributed by atoms with Crippen molar-refractivity contribution >= 4 is 23.4 Å². The average Bonchev–Trinajstić information content (AvgIpc) is 2.85. The molecule has 1 heterocycles. The summed E-state index contributed by atoms with van der Waals surface area (Å²) >= 11 is 1.28. The lowest BCUT2D eigenvalue weighted by Crippen LogP contribution is -2.14. The van der Waals surface area contributed by atoms with Crippen LogP contribution in [-0.4, -0.2) is 16.6 Å². The van der Waals surface area contributed by atoms with Crippen LogP contribution in [-0.2, 0) is 4.79 Å². The molecule has 0 aliphatic rings. The molecule has 0 radical (unpaired) electrons. The number of amides is 1. The maximum Gasteiger partial charge on any atom is 0.234 e. The number of hydrogen-bond acceptors (Lipinski definition) is 4. The summed E-state index contributed by atoms with van der Waals surface area (Å²) < 4.78 is 0. The Balaban J connectivity index is 1.65. The van der Waals surface area contributed by atoms with E-state index in [1.165, 1.54) is 17.3 Å². The zero-order valence-electron chi connectivity index (χ0n) is 18.5. The van der Waals surface area contributed by atoms with Crippen molar-refractivity contribution in [2.45, 2.75) is 18.9 Å². The normalized spacial score (nSPS) is 10.5. The van der Waals surface area contributed by atoms with E-state index in [4.69, 9.17) is 4.98 Å². The highest BCUT2D eigenvalue weighted by Crippen LogP contribution is 2.34. The lowest BCUT2D eigenvalue weighted by Gasteiger charge is -2.13. The second kappa shape index (κ2) is 10.2. The SMILES string of the molecule is Cc1ccc(NC(=O)CSc2nc(-c3ccccc3)cc(-c3ccccc3)c2C#N)cc1C. The van der Waals surface area contributed by atoms with Crippen LogP contribution in [0.5, 0.6) is 0 Å². The molecule has 0 bridgehead atoms. The molecule has 0 saturated carbocycles. The molecule has 0 atom stereocenters. The predicted molar refractivity (Wildman–Crippen MR) is 135 cm³/mol. The maximum atomic E-state index is 12.6. The van der Waals surface area contributed by atoms with Gasteiger partial charge in [-0.25, -0.2) is 4.98 Å². The number of carbonyl (C=O) groups is 1. The third-order valence-electron chi connectivity index (χ3n) is 5.38. The van der Waals surface area contributed by atoms with Crippen LogP contribution in [0.15, 0.2) is 90.0 Å². The number of aryl methyl sites for hydroxylation is 2.